The summed E-state index contributed by atoms with van der Waals surface area (Å²) in [6, 6.07) is 0. The molecule has 0 aromatic rings. The van der Waals surface area contributed by atoms with Crippen molar-refractivity contribution in [3.63, 3.8) is 0 Å². The number of aliphatic hydroxyl groups excluding tert-OH is 2. The van der Waals surface area contributed by atoms with E-state index in [1.165, 1.54) is 96.3 Å². The summed E-state index contributed by atoms with van der Waals surface area (Å²) in [5.41, 5.74) is 0. The lowest BCUT2D eigenvalue weighted by atomic mass is 10.0. The topological polar surface area (TPSA) is 149 Å². The highest BCUT2D eigenvalue weighted by atomic mass is 31.2. The fraction of sp³-hybridized carbons (Fsp3) is 0.900. The van der Waals surface area contributed by atoms with Gasteiger partial charge in [0.1, 0.15) is 12.7 Å². The zero-order valence-electron chi connectivity index (χ0n) is 32.6. The van der Waals surface area contributed by atoms with Crippen LogP contribution >= 0.6 is 7.82 Å². The first-order chi connectivity index (χ1) is 24.7. The molecular formula is C40H77O10P. The molecule has 3 N–H and O–H groups in total. The molecule has 0 radical (unpaired) electrons. The number of hydrogen-bond donors (Lipinski definition) is 3. The molecule has 51 heavy (non-hydrogen) atoms. The van der Waals surface area contributed by atoms with Crippen LogP contribution in [0.25, 0.3) is 0 Å². The molecule has 0 saturated carbocycles. The van der Waals surface area contributed by atoms with Gasteiger partial charge in [0.15, 0.2) is 6.10 Å². The van der Waals surface area contributed by atoms with Crippen molar-refractivity contribution in [2.75, 3.05) is 26.4 Å². The maximum Gasteiger partial charge on any atom is 0.472 e. The molecule has 0 bridgehead atoms. The number of carbonyl (C=O) groups excluding carboxylic acids is 2. The molecule has 0 spiro atoms. The Kier molecular flexibility index (Phi) is 36.1. The van der Waals surface area contributed by atoms with E-state index < -0.39 is 51.8 Å². The van der Waals surface area contributed by atoms with Gasteiger partial charge in [-0.25, -0.2) is 4.57 Å². The van der Waals surface area contributed by atoms with Gasteiger partial charge < -0.3 is 24.6 Å². The van der Waals surface area contributed by atoms with Crippen LogP contribution in [0.2, 0.25) is 0 Å². The van der Waals surface area contributed by atoms with Gasteiger partial charge in [0.2, 0.25) is 0 Å². The van der Waals surface area contributed by atoms with Crippen molar-refractivity contribution >= 4 is 19.8 Å². The molecule has 10 nitrogen and oxygen atoms in total. The van der Waals surface area contributed by atoms with E-state index in [-0.39, 0.29) is 19.4 Å². The van der Waals surface area contributed by atoms with Crippen molar-refractivity contribution in [1.29, 1.82) is 0 Å². The van der Waals surface area contributed by atoms with E-state index in [1.54, 1.807) is 0 Å². The molecule has 0 aromatic heterocycles. The number of allylic oxidation sites excluding steroid dienone is 2. The number of phosphoric acid groups is 1. The maximum absolute atomic E-state index is 12.5. The number of aliphatic hydroxyl groups is 2. The van der Waals surface area contributed by atoms with Gasteiger partial charge in [-0.2, -0.15) is 0 Å². The average Bonchev–Trinajstić information content (AvgIpc) is 3.12. The zero-order valence-corrected chi connectivity index (χ0v) is 33.5. The summed E-state index contributed by atoms with van der Waals surface area (Å²) in [5, 5.41) is 18.3. The Morgan fingerprint density at radius 1 is 0.569 bits per heavy atom. The molecular weight excluding hydrogens is 671 g/mol. The molecule has 0 aliphatic rings. The molecule has 0 saturated heterocycles. The second-order valence-corrected chi connectivity index (χ2v) is 15.5. The van der Waals surface area contributed by atoms with Gasteiger partial charge in [-0.15, -0.1) is 0 Å². The number of unbranched alkanes of at least 4 members (excludes halogenated alkanes) is 23. The summed E-state index contributed by atoms with van der Waals surface area (Å²) in [6.07, 6.45) is 33.2. The third-order valence-electron chi connectivity index (χ3n) is 8.92. The number of hydrogen-bond acceptors (Lipinski definition) is 9. The van der Waals surface area contributed by atoms with Crippen molar-refractivity contribution in [2.24, 2.45) is 0 Å². The summed E-state index contributed by atoms with van der Waals surface area (Å²) >= 11 is 0. The highest BCUT2D eigenvalue weighted by Gasteiger charge is 2.27. The van der Waals surface area contributed by atoms with Crippen LogP contribution in [0.4, 0.5) is 0 Å². The average molecular weight is 749 g/mol. The van der Waals surface area contributed by atoms with Crippen LogP contribution in [0.15, 0.2) is 12.2 Å². The lowest BCUT2D eigenvalue weighted by molar-refractivity contribution is -0.161. The molecule has 302 valence electrons. The van der Waals surface area contributed by atoms with Gasteiger partial charge in [-0.05, 0) is 38.5 Å². The van der Waals surface area contributed by atoms with E-state index >= 15 is 0 Å². The van der Waals surface area contributed by atoms with Gasteiger partial charge in [0.25, 0.3) is 0 Å². The lowest BCUT2D eigenvalue weighted by Crippen LogP contribution is -2.29. The van der Waals surface area contributed by atoms with E-state index in [0.29, 0.717) is 12.8 Å². The summed E-state index contributed by atoms with van der Waals surface area (Å²) in [7, 11) is -4.61. The minimum absolute atomic E-state index is 0.178. The van der Waals surface area contributed by atoms with Crippen molar-refractivity contribution in [2.45, 2.75) is 206 Å². The Bertz CT molecular complexity index is 868. The first-order valence-electron chi connectivity index (χ1n) is 20.6. The number of phosphoric ester groups is 1. The molecule has 1 unspecified atom stereocenters. The molecule has 0 amide bonds. The molecule has 11 heteroatoms. The van der Waals surface area contributed by atoms with Crippen LogP contribution in [0.3, 0.4) is 0 Å². The van der Waals surface area contributed by atoms with Gasteiger partial charge in [0.05, 0.1) is 19.8 Å². The minimum Gasteiger partial charge on any atom is -0.462 e. The van der Waals surface area contributed by atoms with Crippen LogP contribution in [0.5, 0.6) is 0 Å². The second kappa shape index (κ2) is 37.0. The Morgan fingerprint density at radius 2 is 0.961 bits per heavy atom. The monoisotopic (exact) mass is 749 g/mol. The molecule has 0 aromatic carbocycles. The van der Waals surface area contributed by atoms with E-state index in [2.05, 4.69) is 30.5 Å². The SMILES string of the molecule is CCCCC/C=C\CCCCCCCC(=O)O[C@H](COC(=O)CCCCCCCCCCCCCCCCCC)COP(=O)(O)OC[C@@H](O)CO. The molecule has 0 rings (SSSR count). The highest BCUT2D eigenvalue weighted by Crippen LogP contribution is 2.43. The van der Waals surface area contributed by atoms with Gasteiger partial charge in [0, 0.05) is 12.8 Å². The van der Waals surface area contributed by atoms with Crippen molar-refractivity contribution in [3.8, 4) is 0 Å². The fourth-order valence-corrected chi connectivity index (χ4v) is 6.48. The van der Waals surface area contributed by atoms with Crippen molar-refractivity contribution in [1.82, 2.24) is 0 Å². The maximum atomic E-state index is 12.5. The number of carbonyl (C=O) groups is 2. The molecule has 0 aliphatic heterocycles. The van der Waals surface area contributed by atoms with Crippen LogP contribution in [-0.2, 0) is 32.7 Å². The smallest absolute Gasteiger partial charge is 0.462 e. The van der Waals surface area contributed by atoms with Crippen LogP contribution in [0, 0.1) is 0 Å². The number of esters is 2. The summed E-state index contributed by atoms with van der Waals surface area (Å²) in [4.78, 5) is 34.9. The quantitative estimate of drug-likeness (QED) is 0.0240. The second-order valence-electron chi connectivity index (χ2n) is 14.0. The molecule has 3 atom stereocenters. The van der Waals surface area contributed by atoms with E-state index in [4.69, 9.17) is 19.1 Å². The molecule has 0 aliphatic carbocycles. The normalized spacial score (nSPS) is 14.1. The van der Waals surface area contributed by atoms with Crippen molar-refractivity contribution < 1.29 is 47.8 Å². The Hall–Kier alpha value is -1.29. The van der Waals surface area contributed by atoms with E-state index in [9.17, 15) is 24.2 Å². The Morgan fingerprint density at radius 3 is 1.45 bits per heavy atom. The third-order valence-corrected chi connectivity index (χ3v) is 9.87. The molecule has 0 heterocycles. The minimum atomic E-state index is -4.61. The van der Waals surface area contributed by atoms with Crippen LogP contribution in [-0.4, -0.2) is 65.7 Å². The summed E-state index contributed by atoms with van der Waals surface area (Å²) in [6.45, 7) is 2.36. The van der Waals surface area contributed by atoms with Gasteiger partial charge in [-0.3, -0.25) is 18.6 Å². The largest absolute Gasteiger partial charge is 0.472 e. The lowest BCUT2D eigenvalue weighted by Gasteiger charge is -2.20. The van der Waals surface area contributed by atoms with Gasteiger partial charge >= 0.3 is 19.8 Å². The first-order valence-corrected chi connectivity index (χ1v) is 22.1. The van der Waals surface area contributed by atoms with Gasteiger partial charge in [-0.1, -0.05) is 154 Å². The predicted octanol–water partition coefficient (Wildman–Crippen LogP) is 10.4. The number of ether oxygens (including phenoxy) is 2. The third kappa shape index (κ3) is 36.8. The first kappa shape index (κ1) is 49.7. The predicted molar refractivity (Wildman–Crippen MR) is 205 cm³/mol. The fourth-order valence-electron chi connectivity index (χ4n) is 5.69. The summed E-state index contributed by atoms with van der Waals surface area (Å²) < 4.78 is 32.6. The van der Waals surface area contributed by atoms with E-state index in [1.807, 2.05) is 0 Å². The standard InChI is InChI=1S/C40H77O10P/c1-3-5-7-9-11-13-15-17-18-19-20-22-23-25-27-29-31-39(43)47-35-38(36-49-51(45,46)48-34-37(42)33-41)50-40(44)32-30-28-26-24-21-16-14-12-10-8-6-4-2/h12,14,37-38,41-42H,3-11,13,15-36H2,1-2H3,(H,45,46)/b14-12-/t37-,38+/m0/s1. The molecule has 0 fully saturated rings. The summed E-state index contributed by atoms with van der Waals surface area (Å²) in [5.74, 6) is -0.927. The Labute approximate surface area is 311 Å². The van der Waals surface area contributed by atoms with Crippen LogP contribution < -0.4 is 0 Å². The van der Waals surface area contributed by atoms with Crippen LogP contribution in [0.1, 0.15) is 194 Å². The number of rotatable bonds is 39. The highest BCUT2D eigenvalue weighted by molar-refractivity contribution is 7.47. The van der Waals surface area contributed by atoms with E-state index in [0.717, 1.165) is 57.8 Å². The van der Waals surface area contributed by atoms with Crippen molar-refractivity contribution in [3.05, 3.63) is 12.2 Å². The Balaban J connectivity index is 4.28. The zero-order chi connectivity index (χ0) is 37.7.